The van der Waals surface area contributed by atoms with E-state index < -0.39 is 28.5 Å². The van der Waals surface area contributed by atoms with E-state index in [2.05, 4.69) is 26.1 Å². The molecule has 2 aromatic carbocycles. The number of nitrogens with one attached hydrogen (secondary N) is 1. The molecule has 1 saturated heterocycles. The Kier molecular flexibility index (Phi) is 6.57. The Morgan fingerprint density at radius 3 is 2.57 bits per heavy atom. The molecule has 188 valence electrons. The van der Waals surface area contributed by atoms with Crippen molar-refractivity contribution in [3.63, 3.8) is 0 Å². The zero-order valence-corrected chi connectivity index (χ0v) is 21.9. The van der Waals surface area contributed by atoms with E-state index in [1.807, 2.05) is 32.0 Å². The number of rotatable bonds is 6. The Morgan fingerprint density at radius 1 is 1.09 bits per heavy atom. The third kappa shape index (κ3) is 5.43. The van der Waals surface area contributed by atoms with Crippen LogP contribution in [0.2, 0.25) is 0 Å². The second-order valence-electron chi connectivity index (χ2n) is 11.2. The zero-order chi connectivity index (χ0) is 25.6. The second-order valence-corrected chi connectivity index (χ2v) is 13.1. The lowest BCUT2D eigenvalue weighted by atomic mass is 9.65. The number of ether oxygens (including phenoxy) is 1. The number of hydrogen-bond acceptors (Lipinski definition) is 5. The van der Waals surface area contributed by atoms with Crippen LogP contribution in [0.4, 0.5) is 5.69 Å². The van der Waals surface area contributed by atoms with E-state index in [1.54, 1.807) is 4.31 Å². The summed E-state index contributed by atoms with van der Waals surface area (Å²) in [6, 6.07) is 11.5. The minimum atomic E-state index is -3.77. The molecule has 1 aliphatic carbocycles. The van der Waals surface area contributed by atoms with Gasteiger partial charge in [-0.2, -0.15) is 4.31 Å². The van der Waals surface area contributed by atoms with Gasteiger partial charge in [0.15, 0.2) is 6.61 Å². The molecule has 0 radical (unpaired) electrons. The van der Waals surface area contributed by atoms with Gasteiger partial charge in [0, 0.05) is 18.3 Å². The summed E-state index contributed by atoms with van der Waals surface area (Å²) in [6.45, 7) is 10.4. The maximum Gasteiger partial charge on any atom is 0.338 e. The molecule has 1 saturated carbocycles. The summed E-state index contributed by atoms with van der Waals surface area (Å²) in [5.74, 6) is -1.21. The second kappa shape index (κ2) is 9.06. The summed E-state index contributed by atoms with van der Waals surface area (Å²) in [6.07, 6.45) is 2.66. The Morgan fingerprint density at radius 2 is 1.83 bits per heavy atom. The number of amides is 1. The lowest BCUT2D eigenvalue weighted by molar-refractivity contribution is -0.119. The molecule has 35 heavy (non-hydrogen) atoms. The largest absolute Gasteiger partial charge is 0.452 e. The maximum atomic E-state index is 13.5. The van der Waals surface area contributed by atoms with Crippen molar-refractivity contribution in [2.45, 2.75) is 64.8 Å². The van der Waals surface area contributed by atoms with Crippen LogP contribution in [0.25, 0.3) is 0 Å². The van der Waals surface area contributed by atoms with Crippen LogP contribution in [-0.4, -0.2) is 43.8 Å². The molecule has 2 atom stereocenters. The van der Waals surface area contributed by atoms with Gasteiger partial charge in [0.1, 0.15) is 0 Å². The average Bonchev–Trinajstić information content (AvgIpc) is 3.04. The first-order valence-electron chi connectivity index (χ1n) is 11.9. The SMILES string of the molecule is Cc1ccc(C)c(NC(=O)COC(=O)c2cccc(S(=O)(=O)N3CC4(C)CC3CC(C)(C)C4)c2)c1. The van der Waals surface area contributed by atoms with E-state index in [0.717, 1.165) is 30.4 Å². The molecule has 1 aliphatic heterocycles. The number of nitrogens with zero attached hydrogens (tertiary/aromatic N) is 1. The molecule has 2 bridgehead atoms. The lowest BCUT2D eigenvalue weighted by Crippen LogP contribution is -2.37. The molecule has 2 fully saturated rings. The van der Waals surface area contributed by atoms with Gasteiger partial charge in [-0.3, -0.25) is 4.79 Å². The Bertz CT molecular complexity index is 1270. The van der Waals surface area contributed by atoms with Crippen LogP contribution < -0.4 is 5.32 Å². The number of sulfonamides is 1. The fraction of sp³-hybridized carbons (Fsp3) is 0.481. The molecule has 4 rings (SSSR count). The first-order chi connectivity index (χ1) is 16.3. The molecule has 2 aromatic rings. The molecular weight excluding hydrogens is 464 g/mol. The van der Waals surface area contributed by atoms with Gasteiger partial charge in [-0.1, -0.05) is 39.0 Å². The number of benzene rings is 2. The number of hydrogen-bond donors (Lipinski definition) is 1. The zero-order valence-electron chi connectivity index (χ0n) is 21.1. The van der Waals surface area contributed by atoms with Crippen LogP contribution in [0.3, 0.4) is 0 Å². The molecule has 1 amide bonds. The molecular formula is C27H34N2O5S. The standard InChI is InChI=1S/C27H34N2O5S/c1-18-9-10-19(2)23(11-18)28-24(30)15-34-25(31)20-7-6-8-22(12-20)35(32,33)29-17-27(5)14-21(29)13-26(3,4)16-27/h6-12,21H,13-17H2,1-5H3,(H,28,30). The molecule has 2 unspecified atom stereocenters. The molecule has 2 aliphatic rings. The van der Waals surface area contributed by atoms with Gasteiger partial charge in [0.2, 0.25) is 10.0 Å². The smallest absolute Gasteiger partial charge is 0.338 e. The number of anilines is 1. The lowest BCUT2D eigenvalue weighted by Gasteiger charge is -2.39. The summed E-state index contributed by atoms with van der Waals surface area (Å²) in [5.41, 5.74) is 2.70. The Balaban J connectivity index is 1.44. The van der Waals surface area contributed by atoms with Crippen LogP contribution >= 0.6 is 0 Å². The van der Waals surface area contributed by atoms with E-state index >= 15 is 0 Å². The Hall–Kier alpha value is -2.71. The summed E-state index contributed by atoms with van der Waals surface area (Å²) in [7, 11) is -3.77. The van der Waals surface area contributed by atoms with Gasteiger partial charge in [0.05, 0.1) is 10.5 Å². The number of carbonyl (C=O) groups is 2. The van der Waals surface area contributed by atoms with Crippen molar-refractivity contribution in [3.8, 4) is 0 Å². The van der Waals surface area contributed by atoms with E-state index in [9.17, 15) is 18.0 Å². The third-order valence-electron chi connectivity index (χ3n) is 7.04. The van der Waals surface area contributed by atoms with Crippen molar-refractivity contribution in [2.75, 3.05) is 18.5 Å². The van der Waals surface area contributed by atoms with E-state index in [0.29, 0.717) is 12.2 Å². The van der Waals surface area contributed by atoms with Gasteiger partial charge < -0.3 is 10.1 Å². The first kappa shape index (κ1) is 25.4. The van der Waals surface area contributed by atoms with Gasteiger partial charge >= 0.3 is 5.97 Å². The van der Waals surface area contributed by atoms with E-state index in [4.69, 9.17) is 4.74 Å². The highest BCUT2D eigenvalue weighted by Gasteiger charge is 2.53. The van der Waals surface area contributed by atoms with Crippen molar-refractivity contribution in [2.24, 2.45) is 10.8 Å². The molecule has 8 heteroatoms. The van der Waals surface area contributed by atoms with Crippen molar-refractivity contribution < 1.29 is 22.7 Å². The van der Waals surface area contributed by atoms with E-state index in [1.165, 1.54) is 24.3 Å². The first-order valence-corrected chi connectivity index (χ1v) is 13.4. The fourth-order valence-electron chi connectivity index (χ4n) is 5.88. The molecule has 1 heterocycles. The summed E-state index contributed by atoms with van der Waals surface area (Å²) in [5, 5.41) is 2.74. The van der Waals surface area contributed by atoms with Gasteiger partial charge in [-0.15, -0.1) is 0 Å². The van der Waals surface area contributed by atoms with Gasteiger partial charge in [-0.05, 0) is 79.3 Å². The summed E-state index contributed by atoms with van der Waals surface area (Å²) >= 11 is 0. The number of esters is 1. The highest BCUT2D eigenvalue weighted by Crippen LogP contribution is 2.53. The van der Waals surface area contributed by atoms with Crippen LogP contribution in [0.15, 0.2) is 47.4 Å². The van der Waals surface area contributed by atoms with Crippen molar-refractivity contribution in [1.29, 1.82) is 0 Å². The third-order valence-corrected chi connectivity index (χ3v) is 8.94. The Labute approximate surface area is 207 Å². The number of carbonyl (C=O) groups excluding carboxylic acids is 2. The number of fused-ring (bicyclic) bond motifs is 2. The monoisotopic (exact) mass is 498 g/mol. The number of aryl methyl sites for hydroxylation is 2. The van der Waals surface area contributed by atoms with Crippen molar-refractivity contribution >= 4 is 27.6 Å². The minimum absolute atomic E-state index is 0.0426. The van der Waals surface area contributed by atoms with Crippen molar-refractivity contribution in [3.05, 3.63) is 59.2 Å². The predicted molar refractivity (Wildman–Crippen MR) is 135 cm³/mol. The molecule has 1 N–H and O–H groups in total. The minimum Gasteiger partial charge on any atom is -0.452 e. The van der Waals surface area contributed by atoms with Crippen LogP contribution in [0.5, 0.6) is 0 Å². The average molecular weight is 499 g/mol. The fourth-order valence-corrected chi connectivity index (χ4v) is 7.70. The van der Waals surface area contributed by atoms with E-state index in [-0.39, 0.29) is 27.3 Å². The highest BCUT2D eigenvalue weighted by atomic mass is 32.2. The van der Waals surface area contributed by atoms with Crippen molar-refractivity contribution in [1.82, 2.24) is 4.31 Å². The summed E-state index contributed by atoms with van der Waals surface area (Å²) < 4.78 is 33.9. The quantitative estimate of drug-likeness (QED) is 0.584. The predicted octanol–water partition coefficient (Wildman–Crippen LogP) is 4.69. The normalized spacial score (nSPS) is 23.6. The van der Waals surface area contributed by atoms with Crippen LogP contribution in [0, 0.1) is 24.7 Å². The molecule has 0 spiro atoms. The topological polar surface area (TPSA) is 92.8 Å². The van der Waals surface area contributed by atoms with Gasteiger partial charge in [0.25, 0.3) is 5.91 Å². The van der Waals surface area contributed by atoms with Crippen LogP contribution in [-0.2, 0) is 19.6 Å². The maximum absolute atomic E-state index is 13.5. The summed E-state index contributed by atoms with van der Waals surface area (Å²) in [4.78, 5) is 25.0. The van der Waals surface area contributed by atoms with Gasteiger partial charge in [-0.25, -0.2) is 13.2 Å². The molecule has 7 nitrogen and oxygen atoms in total. The van der Waals surface area contributed by atoms with Crippen LogP contribution in [0.1, 0.15) is 61.5 Å². The molecule has 0 aromatic heterocycles. The highest BCUT2D eigenvalue weighted by molar-refractivity contribution is 7.89.